The van der Waals surface area contributed by atoms with E-state index in [-0.39, 0.29) is 12.5 Å². The summed E-state index contributed by atoms with van der Waals surface area (Å²) in [6.45, 7) is 5.21. The number of carbonyl (C=O) groups excluding carboxylic acids is 1. The first-order chi connectivity index (χ1) is 8.63. The Kier molecular flexibility index (Phi) is 4.66. The van der Waals surface area contributed by atoms with E-state index in [4.69, 9.17) is 5.11 Å². The van der Waals surface area contributed by atoms with Gasteiger partial charge in [-0.05, 0) is 50.4 Å². The van der Waals surface area contributed by atoms with Crippen molar-refractivity contribution < 1.29 is 9.90 Å². The van der Waals surface area contributed by atoms with E-state index in [2.05, 4.69) is 13.8 Å². The van der Waals surface area contributed by atoms with Crippen molar-refractivity contribution in [3.05, 3.63) is 0 Å². The lowest BCUT2D eigenvalue weighted by atomic mass is 9.76. The van der Waals surface area contributed by atoms with Gasteiger partial charge in [0.1, 0.15) is 0 Å². The van der Waals surface area contributed by atoms with Gasteiger partial charge >= 0.3 is 0 Å². The van der Waals surface area contributed by atoms with Crippen LogP contribution in [0.25, 0.3) is 0 Å². The molecule has 0 aromatic rings. The minimum absolute atomic E-state index is 0.101. The van der Waals surface area contributed by atoms with E-state index in [1.165, 1.54) is 12.8 Å². The number of aliphatic hydroxyl groups excluding tert-OH is 1. The molecule has 0 bridgehead atoms. The van der Waals surface area contributed by atoms with Crippen LogP contribution in [0.5, 0.6) is 0 Å². The van der Waals surface area contributed by atoms with Gasteiger partial charge in [0, 0.05) is 18.5 Å². The maximum atomic E-state index is 12.5. The summed E-state index contributed by atoms with van der Waals surface area (Å²) in [4.78, 5) is 14.4. The summed E-state index contributed by atoms with van der Waals surface area (Å²) < 4.78 is 0. The van der Waals surface area contributed by atoms with Crippen LogP contribution in [-0.2, 0) is 4.79 Å². The molecule has 2 saturated carbocycles. The maximum Gasteiger partial charge on any atom is 0.226 e. The normalized spacial score (nSPS) is 28.4. The fourth-order valence-electron chi connectivity index (χ4n) is 3.23. The second kappa shape index (κ2) is 6.05. The van der Waals surface area contributed by atoms with Crippen LogP contribution in [-0.4, -0.2) is 35.1 Å². The van der Waals surface area contributed by atoms with E-state index in [9.17, 15) is 4.79 Å². The van der Waals surface area contributed by atoms with E-state index in [0.717, 1.165) is 37.5 Å². The highest BCUT2D eigenvalue weighted by Crippen LogP contribution is 2.36. The Hall–Kier alpha value is -0.570. The predicted octanol–water partition coefficient (Wildman–Crippen LogP) is 2.43. The molecule has 3 heteroatoms. The highest BCUT2D eigenvalue weighted by molar-refractivity contribution is 5.79. The van der Waals surface area contributed by atoms with Gasteiger partial charge < -0.3 is 10.0 Å². The minimum Gasteiger partial charge on any atom is -0.395 e. The number of aliphatic hydroxyl groups is 1. The summed E-state index contributed by atoms with van der Waals surface area (Å²) >= 11 is 0. The molecule has 0 aromatic carbocycles. The van der Waals surface area contributed by atoms with Gasteiger partial charge in [0.2, 0.25) is 5.91 Å². The maximum absolute atomic E-state index is 12.5. The number of amides is 1. The molecule has 3 nitrogen and oxygen atoms in total. The van der Waals surface area contributed by atoms with Crippen LogP contribution < -0.4 is 0 Å². The number of nitrogens with zero attached hydrogens (tertiary/aromatic N) is 1. The summed E-state index contributed by atoms with van der Waals surface area (Å²) in [5.41, 5.74) is 0. The van der Waals surface area contributed by atoms with Crippen molar-refractivity contribution in [1.29, 1.82) is 0 Å². The van der Waals surface area contributed by atoms with Crippen molar-refractivity contribution in [1.82, 2.24) is 4.90 Å². The van der Waals surface area contributed by atoms with E-state index in [1.807, 2.05) is 4.90 Å². The molecule has 0 aromatic heterocycles. The van der Waals surface area contributed by atoms with Crippen LogP contribution in [0.3, 0.4) is 0 Å². The highest BCUT2D eigenvalue weighted by atomic mass is 16.3. The summed E-state index contributed by atoms with van der Waals surface area (Å²) in [5, 5.41) is 9.08. The Bertz CT molecular complexity index is 278. The molecule has 104 valence electrons. The fraction of sp³-hybridized carbons (Fsp3) is 0.933. The largest absolute Gasteiger partial charge is 0.395 e. The van der Waals surface area contributed by atoms with Crippen molar-refractivity contribution in [2.45, 2.75) is 58.4 Å². The Balaban J connectivity index is 1.85. The Morgan fingerprint density at radius 2 is 1.78 bits per heavy atom. The highest BCUT2D eigenvalue weighted by Gasteiger charge is 2.36. The van der Waals surface area contributed by atoms with Crippen LogP contribution in [0.1, 0.15) is 52.4 Å². The fourth-order valence-corrected chi connectivity index (χ4v) is 3.23. The zero-order valence-electron chi connectivity index (χ0n) is 11.8. The summed E-state index contributed by atoms with van der Waals surface area (Å²) in [6, 6.07) is 0.437. The zero-order chi connectivity index (χ0) is 13.1. The first-order valence-electron chi connectivity index (χ1n) is 7.54. The molecule has 2 aliphatic rings. The van der Waals surface area contributed by atoms with Crippen LogP contribution >= 0.6 is 0 Å². The van der Waals surface area contributed by atoms with Gasteiger partial charge in [-0.1, -0.05) is 13.8 Å². The molecule has 2 aliphatic carbocycles. The molecular formula is C15H27NO2. The molecule has 0 heterocycles. The van der Waals surface area contributed by atoms with Gasteiger partial charge in [0.15, 0.2) is 0 Å². The van der Waals surface area contributed by atoms with Crippen LogP contribution in [0.15, 0.2) is 0 Å². The summed E-state index contributed by atoms with van der Waals surface area (Å²) in [5.74, 6) is 2.10. The van der Waals surface area contributed by atoms with E-state index >= 15 is 0 Å². The lowest BCUT2D eigenvalue weighted by molar-refractivity contribution is -0.138. The SMILES string of the molecule is CC(C)C1CCC(C(=O)N(CCO)C2CC2)CC1. The molecule has 0 saturated heterocycles. The van der Waals surface area contributed by atoms with Gasteiger partial charge in [-0.15, -0.1) is 0 Å². The number of hydrogen-bond acceptors (Lipinski definition) is 2. The average molecular weight is 253 g/mol. The molecule has 0 unspecified atom stereocenters. The average Bonchev–Trinajstić information content (AvgIpc) is 3.19. The number of hydrogen-bond donors (Lipinski definition) is 1. The molecular weight excluding hydrogens is 226 g/mol. The predicted molar refractivity (Wildman–Crippen MR) is 72.1 cm³/mol. The van der Waals surface area contributed by atoms with Crippen molar-refractivity contribution in [2.24, 2.45) is 17.8 Å². The Morgan fingerprint density at radius 3 is 2.22 bits per heavy atom. The molecule has 0 radical (unpaired) electrons. The monoisotopic (exact) mass is 253 g/mol. The van der Waals surface area contributed by atoms with Crippen molar-refractivity contribution in [2.75, 3.05) is 13.2 Å². The van der Waals surface area contributed by atoms with Gasteiger partial charge in [0.25, 0.3) is 0 Å². The van der Waals surface area contributed by atoms with Crippen LogP contribution in [0, 0.1) is 17.8 Å². The third-order valence-corrected chi connectivity index (χ3v) is 4.68. The number of carbonyl (C=O) groups is 1. The van der Waals surface area contributed by atoms with Gasteiger partial charge in [-0.2, -0.15) is 0 Å². The zero-order valence-corrected chi connectivity index (χ0v) is 11.8. The molecule has 2 fully saturated rings. The molecule has 0 atom stereocenters. The lowest BCUT2D eigenvalue weighted by Gasteiger charge is -2.33. The smallest absolute Gasteiger partial charge is 0.226 e. The summed E-state index contributed by atoms with van der Waals surface area (Å²) in [7, 11) is 0. The van der Waals surface area contributed by atoms with Crippen LogP contribution in [0.4, 0.5) is 0 Å². The standard InChI is InChI=1S/C15H27NO2/c1-11(2)12-3-5-13(6-4-12)15(18)16(9-10-17)14-7-8-14/h11-14,17H,3-10H2,1-2H3. The Labute approximate surface area is 111 Å². The second-order valence-corrected chi connectivity index (χ2v) is 6.34. The third kappa shape index (κ3) is 3.25. The molecule has 1 N–H and O–H groups in total. The van der Waals surface area contributed by atoms with E-state index < -0.39 is 0 Å². The Morgan fingerprint density at radius 1 is 1.17 bits per heavy atom. The number of rotatable bonds is 5. The van der Waals surface area contributed by atoms with Crippen molar-refractivity contribution >= 4 is 5.91 Å². The first-order valence-corrected chi connectivity index (χ1v) is 7.54. The topological polar surface area (TPSA) is 40.5 Å². The van der Waals surface area contributed by atoms with Gasteiger partial charge in [-0.25, -0.2) is 0 Å². The van der Waals surface area contributed by atoms with Crippen molar-refractivity contribution in [3.63, 3.8) is 0 Å². The first kappa shape index (κ1) is 13.9. The third-order valence-electron chi connectivity index (χ3n) is 4.68. The molecule has 2 rings (SSSR count). The molecule has 0 spiro atoms. The molecule has 18 heavy (non-hydrogen) atoms. The minimum atomic E-state index is 0.101. The molecule has 0 aliphatic heterocycles. The van der Waals surface area contributed by atoms with Gasteiger partial charge in [-0.3, -0.25) is 4.79 Å². The second-order valence-electron chi connectivity index (χ2n) is 6.34. The van der Waals surface area contributed by atoms with E-state index in [0.29, 0.717) is 18.5 Å². The lowest BCUT2D eigenvalue weighted by Crippen LogP contribution is -2.41. The molecule has 1 amide bonds. The van der Waals surface area contributed by atoms with Crippen molar-refractivity contribution in [3.8, 4) is 0 Å². The summed E-state index contributed by atoms with van der Waals surface area (Å²) in [6.07, 6.45) is 6.77. The quantitative estimate of drug-likeness (QED) is 0.817. The van der Waals surface area contributed by atoms with Gasteiger partial charge in [0.05, 0.1) is 6.61 Å². The van der Waals surface area contributed by atoms with Crippen LogP contribution in [0.2, 0.25) is 0 Å². The van der Waals surface area contributed by atoms with E-state index in [1.54, 1.807) is 0 Å².